The molecule has 0 aliphatic rings. The fourth-order valence-electron chi connectivity index (χ4n) is 1.98. The second-order valence-electron chi connectivity index (χ2n) is 4.28. The van der Waals surface area contributed by atoms with E-state index in [1.54, 1.807) is 7.11 Å². The number of halogens is 1. The second kappa shape index (κ2) is 6.44. The highest BCUT2D eigenvalue weighted by atomic mass is 35.5. The lowest BCUT2D eigenvalue weighted by Gasteiger charge is -2.11. The van der Waals surface area contributed by atoms with E-state index in [2.05, 4.69) is 0 Å². The van der Waals surface area contributed by atoms with Gasteiger partial charge in [-0.05, 0) is 41.0 Å². The minimum atomic E-state index is -0.284. The van der Waals surface area contributed by atoms with Crippen molar-refractivity contribution in [3.63, 3.8) is 0 Å². The third-order valence-corrected chi connectivity index (χ3v) is 3.28. The molecule has 0 saturated carbocycles. The number of carbonyl (C=O) groups is 1. The molecule has 0 N–H and O–H groups in total. The van der Waals surface area contributed by atoms with Crippen LogP contribution in [0.15, 0.2) is 42.5 Å². The smallest absolute Gasteiger partial charge is 0.310 e. The van der Waals surface area contributed by atoms with Crippen LogP contribution in [-0.4, -0.2) is 20.2 Å². The molecule has 0 unspecified atom stereocenters. The molecular formula is C16H15ClO3. The van der Waals surface area contributed by atoms with Crippen LogP contribution in [0.25, 0.3) is 11.1 Å². The van der Waals surface area contributed by atoms with Gasteiger partial charge in [-0.1, -0.05) is 29.8 Å². The van der Waals surface area contributed by atoms with E-state index < -0.39 is 0 Å². The molecule has 0 saturated heterocycles. The molecule has 0 aliphatic heterocycles. The summed E-state index contributed by atoms with van der Waals surface area (Å²) in [5.74, 6) is 0.426. The van der Waals surface area contributed by atoms with Crippen molar-refractivity contribution in [2.24, 2.45) is 0 Å². The Labute approximate surface area is 123 Å². The van der Waals surface area contributed by atoms with E-state index in [0.29, 0.717) is 10.8 Å². The lowest BCUT2D eigenvalue weighted by atomic mass is 9.97. The van der Waals surface area contributed by atoms with Gasteiger partial charge < -0.3 is 9.47 Å². The number of ether oxygens (including phenoxy) is 2. The highest BCUT2D eigenvalue weighted by Gasteiger charge is 2.11. The molecule has 2 aromatic carbocycles. The van der Waals surface area contributed by atoms with Crippen molar-refractivity contribution in [2.45, 2.75) is 6.42 Å². The van der Waals surface area contributed by atoms with Crippen molar-refractivity contribution in [2.75, 3.05) is 14.2 Å². The van der Waals surface area contributed by atoms with Crippen LogP contribution in [0, 0.1) is 0 Å². The maximum absolute atomic E-state index is 11.5. The van der Waals surface area contributed by atoms with Crippen LogP contribution in [0.4, 0.5) is 0 Å². The molecule has 104 valence electrons. The predicted molar refractivity (Wildman–Crippen MR) is 79.2 cm³/mol. The molecule has 0 aromatic heterocycles. The molecule has 0 fully saturated rings. The van der Waals surface area contributed by atoms with Crippen LogP contribution >= 0.6 is 11.6 Å². The Morgan fingerprint density at radius 1 is 1.10 bits per heavy atom. The molecule has 0 amide bonds. The van der Waals surface area contributed by atoms with Crippen LogP contribution < -0.4 is 4.74 Å². The summed E-state index contributed by atoms with van der Waals surface area (Å²) in [6.07, 6.45) is 0.200. The molecule has 20 heavy (non-hydrogen) atoms. The Bertz CT molecular complexity index is 606. The second-order valence-corrected chi connectivity index (χ2v) is 4.72. The average Bonchev–Trinajstić information content (AvgIpc) is 2.48. The molecule has 2 aromatic rings. The first-order valence-electron chi connectivity index (χ1n) is 6.13. The van der Waals surface area contributed by atoms with Crippen LogP contribution in [0.2, 0.25) is 5.02 Å². The van der Waals surface area contributed by atoms with E-state index in [1.165, 1.54) is 7.11 Å². The molecular weight excluding hydrogens is 276 g/mol. The predicted octanol–water partition coefficient (Wildman–Crippen LogP) is 3.73. The van der Waals surface area contributed by atoms with Gasteiger partial charge in [-0.25, -0.2) is 0 Å². The Balaban J connectivity index is 2.45. The summed E-state index contributed by atoms with van der Waals surface area (Å²) in [4.78, 5) is 11.5. The van der Waals surface area contributed by atoms with Gasteiger partial charge in [-0.15, -0.1) is 0 Å². The van der Waals surface area contributed by atoms with Crippen molar-refractivity contribution < 1.29 is 14.3 Å². The van der Waals surface area contributed by atoms with Crippen molar-refractivity contribution in [3.05, 3.63) is 53.1 Å². The lowest BCUT2D eigenvalue weighted by molar-refractivity contribution is -0.139. The molecule has 4 heteroatoms. The van der Waals surface area contributed by atoms with Gasteiger partial charge in [0.25, 0.3) is 0 Å². The standard InChI is InChI=1S/C16H15ClO3/c1-19-14-7-8-15(11-3-5-13(17)6-4-11)12(9-14)10-16(18)20-2/h3-9H,10H2,1-2H3. The molecule has 0 radical (unpaired) electrons. The van der Waals surface area contributed by atoms with Gasteiger partial charge in [0.05, 0.1) is 20.6 Å². The van der Waals surface area contributed by atoms with Gasteiger partial charge in [-0.2, -0.15) is 0 Å². The topological polar surface area (TPSA) is 35.5 Å². The maximum atomic E-state index is 11.5. The van der Waals surface area contributed by atoms with E-state index in [1.807, 2.05) is 42.5 Å². The molecule has 0 aliphatic carbocycles. The van der Waals surface area contributed by atoms with Crippen LogP contribution in [0.5, 0.6) is 5.75 Å². The van der Waals surface area contributed by atoms with E-state index in [9.17, 15) is 4.79 Å². The first-order valence-corrected chi connectivity index (χ1v) is 6.51. The number of methoxy groups -OCH3 is 2. The summed E-state index contributed by atoms with van der Waals surface area (Å²) >= 11 is 5.90. The Hall–Kier alpha value is -2.00. The Morgan fingerprint density at radius 2 is 1.80 bits per heavy atom. The van der Waals surface area contributed by atoms with E-state index in [0.717, 1.165) is 16.7 Å². The fraction of sp³-hybridized carbons (Fsp3) is 0.188. The van der Waals surface area contributed by atoms with E-state index in [4.69, 9.17) is 21.1 Å². The van der Waals surface area contributed by atoms with Crippen molar-refractivity contribution >= 4 is 17.6 Å². The normalized spacial score (nSPS) is 10.2. The molecule has 3 nitrogen and oxygen atoms in total. The van der Waals surface area contributed by atoms with Crippen molar-refractivity contribution in [1.82, 2.24) is 0 Å². The van der Waals surface area contributed by atoms with Gasteiger partial charge in [0, 0.05) is 5.02 Å². The zero-order valence-electron chi connectivity index (χ0n) is 11.4. The van der Waals surface area contributed by atoms with Gasteiger partial charge >= 0.3 is 5.97 Å². The first-order chi connectivity index (χ1) is 9.63. The third-order valence-electron chi connectivity index (χ3n) is 3.03. The Kier molecular flexibility index (Phi) is 4.64. The molecule has 0 atom stereocenters. The largest absolute Gasteiger partial charge is 0.497 e. The monoisotopic (exact) mass is 290 g/mol. The maximum Gasteiger partial charge on any atom is 0.310 e. The number of esters is 1. The Morgan fingerprint density at radius 3 is 2.40 bits per heavy atom. The number of hydrogen-bond donors (Lipinski definition) is 0. The number of carbonyl (C=O) groups excluding carboxylic acids is 1. The quantitative estimate of drug-likeness (QED) is 0.805. The zero-order chi connectivity index (χ0) is 14.5. The zero-order valence-corrected chi connectivity index (χ0v) is 12.1. The van der Waals surface area contributed by atoms with Gasteiger partial charge in [0.15, 0.2) is 0 Å². The summed E-state index contributed by atoms with van der Waals surface area (Å²) in [6.45, 7) is 0. The highest BCUT2D eigenvalue weighted by Crippen LogP contribution is 2.29. The highest BCUT2D eigenvalue weighted by molar-refractivity contribution is 6.30. The third kappa shape index (κ3) is 3.31. The van der Waals surface area contributed by atoms with Gasteiger partial charge in [0.1, 0.15) is 5.75 Å². The molecule has 0 heterocycles. The fourth-order valence-corrected chi connectivity index (χ4v) is 2.11. The summed E-state index contributed by atoms with van der Waals surface area (Å²) in [5.41, 5.74) is 2.82. The van der Waals surface area contributed by atoms with E-state index >= 15 is 0 Å². The number of rotatable bonds is 4. The van der Waals surface area contributed by atoms with Crippen LogP contribution in [0.1, 0.15) is 5.56 Å². The minimum Gasteiger partial charge on any atom is -0.497 e. The van der Waals surface area contributed by atoms with Crippen LogP contribution in [0.3, 0.4) is 0 Å². The molecule has 0 bridgehead atoms. The summed E-state index contributed by atoms with van der Waals surface area (Å²) < 4.78 is 9.94. The SMILES string of the molecule is COC(=O)Cc1cc(OC)ccc1-c1ccc(Cl)cc1. The van der Waals surface area contributed by atoms with E-state index in [-0.39, 0.29) is 12.4 Å². The van der Waals surface area contributed by atoms with Crippen molar-refractivity contribution in [3.8, 4) is 16.9 Å². The summed E-state index contributed by atoms with van der Waals surface area (Å²) in [5, 5.41) is 0.678. The number of hydrogen-bond acceptors (Lipinski definition) is 3. The molecule has 0 spiro atoms. The van der Waals surface area contributed by atoms with Crippen LogP contribution in [-0.2, 0) is 16.0 Å². The number of benzene rings is 2. The van der Waals surface area contributed by atoms with Crippen molar-refractivity contribution in [1.29, 1.82) is 0 Å². The van der Waals surface area contributed by atoms with Gasteiger partial charge in [0.2, 0.25) is 0 Å². The molecule has 2 rings (SSSR count). The first kappa shape index (κ1) is 14.4. The minimum absolute atomic E-state index is 0.200. The van der Waals surface area contributed by atoms with Gasteiger partial charge in [-0.3, -0.25) is 4.79 Å². The lowest BCUT2D eigenvalue weighted by Crippen LogP contribution is -2.06. The average molecular weight is 291 g/mol. The summed E-state index contributed by atoms with van der Waals surface area (Å²) in [7, 11) is 2.98. The summed E-state index contributed by atoms with van der Waals surface area (Å²) in [6, 6.07) is 13.1.